The van der Waals surface area contributed by atoms with Crippen LogP contribution in [0.5, 0.6) is 0 Å². The van der Waals surface area contributed by atoms with Gasteiger partial charge in [-0.05, 0) is 30.4 Å². The molecule has 3 aromatic rings. The van der Waals surface area contributed by atoms with E-state index in [1.54, 1.807) is 6.20 Å². The van der Waals surface area contributed by atoms with Gasteiger partial charge in [0.05, 0.1) is 18.0 Å². The SMILES string of the molecule is O[C@@H]1CC(Cn2cccn2)C[C@H]1NCc1[nH]ncc1-c1ccccc1. The second kappa shape index (κ2) is 7.21. The Labute approximate surface area is 146 Å². The number of hydrogen-bond acceptors (Lipinski definition) is 4. The van der Waals surface area contributed by atoms with Crippen LogP contribution in [-0.2, 0) is 13.1 Å². The summed E-state index contributed by atoms with van der Waals surface area (Å²) < 4.78 is 1.95. The standard InChI is InChI=1S/C19H23N5O/c25-19-10-14(13-24-8-4-7-22-24)9-17(19)20-12-18-16(11-21-23-18)15-5-2-1-3-6-15/h1-8,11,14,17,19-20,25H,9-10,12-13H2,(H,21,23)/t14?,17-,19-/m1/s1. The predicted molar refractivity (Wildman–Crippen MR) is 95.6 cm³/mol. The van der Waals surface area contributed by atoms with E-state index < -0.39 is 0 Å². The first-order valence-corrected chi connectivity index (χ1v) is 8.76. The average molecular weight is 337 g/mol. The van der Waals surface area contributed by atoms with E-state index in [1.807, 2.05) is 41.3 Å². The van der Waals surface area contributed by atoms with Gasteiger partial charge in [-0.2, -0.15) is 10.2 Å². The van der Waals surface area contributed by atoms with Crippen LogP contribution in [0.15, 0.2) is 55.0 Å². The summed E-state index contributed by atoms with van der Waals surface area (Å²) in [5.41, 5.74) is 3.30. The van der Waals surface area contributed by atoms with E-state index >= 15 is 0 Å². The first kappa shape index (κ1) is 16.1. The molecular formula is C19H23N5O. The van der Waals surface area contributed by atoms with Crippen LogP contribution in [0.25, 0.3) is 11.1 Å². The zero-order valence-corrected chi connectivity index (χ0v) is 14.0. The van der Waals surface area contributed by atoms with E-state index in [2.05, 4.69) is 32.7 Å². The van der Waals surface area contributed by atoms with Crippen molar-refractivity contribution in [2.45, 2.75) is 38.1 Å². The van der Waals surface area contributed by atoms with Gasteiger partial charge in [0.1, 0.15) is 0 Å². The number of aliphatic hydroxyl groups excluding tert-OH is 1. The Kier molecular flexibility index (Phi) is 4.63. The number of aromatic amines is 1. The lowest BCUT2D eigenvalue weighted by molar-refractivity contribution is 0.145. The molecule has 0 spiro atoms. The summed E-state index contributed by atoms with van der Waals surface area (Å²) in [7, 11) is 0. The maximum atomic E-state index is 10.4. The molecular weight excluding hydrogens is 314 g/mol. The molecule has 2 heterocycles. The highest BCUT2D eigenvalue weighted by molar-refractivity contribution is 5.64. The minimum absolute atomic E-state index is 0.104. The van der Waals surface area contributed by atoms with Gasteiger partial charge in [-0.15, -0.1) is 0 Å². The van der Waals surface area contributed by atoms with Crippen molar-refractivity contribution in [1.82, 2.24) is 25.3 Å². The van der Waals surface area contributed by atoms with E-state index in [-0.39, 0.29) is 12.1 Å². The van der Waals surface area contributed by atoms with E-state index in [1.165, 1.54) is 0 Å². The lowest BCUT2D eigenvalue weighted by Crippen LogP contribution is -2.35. The van der Waals surface area contributed by atoms with Crippen LogP contribution in [-0.4, -0.2) is 37.2 Å². The molecule has 0 aliphatic heterocycles. The highest BCUT2D eigenvalue weighted by atomic mass is 16.3. The lowest BCUT2D eigenvalue weighted by atomic mass is 10.1. The van der Waals surface area contributed by atoms with Crippen LogP contribution >= 0.6 is 0 Å². The number of H-pyrrole nitrogens is 1. The van der Waals surface area contributed by atoms with E-state index in [0.29, 0.717) is 12.5 Å². The van der Waals surface area contributed by atoms with Gasteiger partial charge in [0.25, 0.3) is 0 Å². The maximum Gasteiger partial charge on any atom is 0.0696 e. The number of aliphatic hydroxyl groups is 1. The number of aromatic nitrogens is 4. The lowest BCUT2D eigenvalue weighted by Gasteiger charge is -2.16. The molecule has 1 saturated carbocycles. The van der Waals surface area contributed by atoms with Crippen molar-refractivity contribution in [2.75, 3.05) is 0 Å². The Bertz CT molecular complexity index is 783. The summed E-state index contributed by atoms with van der Waals surface area (Å²) in [6.07, 6.45) is 7.08. The van der Waals surface area contributed by atoms with Crippen LogP contribution < -0.4 is 5.32 Å². The monoisotopic (exact) mass is 337 g/mol. The molecule has 6 nitrogen and oxygen atoms in total. The molecule has 25 heavy (non-hydrogen) atoms. The Hall–Kier alpha value is -2.44. The summed E-state index contributed by atoms with van der Waals surface area (Å²) in [5, 5.41) is 25.4. The van der Waals surface area contributed by atoms with Crippen molar-refractivity contribution in [3.8, 4) is 11.1 Å². The normalized spacial score (nSPS) is 23.2. The van der Waals surface area contributed by atoms with Gasteiger partial charge in [-0.25, -0.2) is 0 Å². The van der Waals surface area contributed by atoms with Crippen molar-refractivity contribution < 1.29 is 5.11 Å². The Morgan fingerprint density at radius 2 is 2.08 bits per heavy atom. The molecule has 0 amide bonds. The van der Waals surface area contributed by atoms with Gasteiger partial charge in [0.2, 0.25) is 0 Å². The minimum atomic E-state index is -0.316. The van der Waals surface area contributed by atoms with Crippen LogP contribution in [0.4, 0.5) is 0 Å². The third kappa shape index (κ3) is 3.65. The molecule has 2 aromatic heterocycles. The summed E-state index contributed by atoms with van der Waals surface area (Å²) in [4.78, 5) is 0. The highest BCUT2D eigenvalue weighted by Crippen LogP contribution is 2.28. The number of benzene rings is 1. The molecule has 130 valence electrons. The predicted octanol–water partition coefficient (Wildman–Crippen LogP) is 2.20. The van der Waals surface area contributed by atoms with Crippen LogP contribution in [0.2, 0.25) is 0 Å². The molecule has 1 fully saturated rings. The Balaban J connectivity index is 1.37. The Morgan fingerprint density at radius 1 is 1.20 bits per heavy atom. The molecule has 1 aromatic carbocycles. The molecule has 6 heteroatoms. The van der Waals surface area contributed by atoms with Gasteiger partial charge in [0.15, 0.2) is 0 Å². The van der Waals surface area contributed by atoms with Gasteiger partial charge in [0, 0.05) is 37.1 Å². The zero-order chi connectivity index (χ0) is 17.1. The van der Waals surface area contributed by atoms with E-state index in [4.69, 9.17) is 0 Å². The third-order valence-corrected chi connectivity index (χ3v) is 4.98. The first-order valence-electron chi connectivity index (χ1n) is 8.76. The van der Waals surface area contributed by atoms with Crippen molar-refractivity contribution >= 4 is 0 Å². The summed E-state index contributed by atoms with van der Waals surface area (Å²) >= 11 is 0. The fraction of sp³-hybridized carbons (Fsp3) is 0.368. The number of nitrogens with one attached hydrogen (secondary N) is 2. The van der Waals surface area contributed by atoms with Crippen molar-refractivity contribution in [3.63, 3.8) is 0 Å². The van der Waals surface area contributed by atoms with E-state index in [9.17, 15) is 5.11 Å². The molecule has 0 radical (unpaired) electrons. The van der Waals surface area contributed by atoms with Crippen LogP contribution in [0, 0.1) is 5.92 Å². The molecule has 0 saturated heterocycles. The van der Waals surface area contributed by atoms with E-state index in [0.717, 1.165) is 36.2 Å². The fourth-order valence-corrected chi connectivity index (χ4v) is 3.71. The van der Waals surface area contributed by atoms with Crippen LogP contribution in [0.3, 0.4) is 0 Å². The van der Waals surface area contributed by atoms with Gasteiger partial charge in [-0.3, -0.25) is 9.78 Å². The smallest absolute Gasteiger partial charge is 0.0696 e. The zero-order valence-electron chi connectivity index (χ0n) is 14.0. The summed E-state index contributed by atoms with van der Waals surface area (Å²) in [5.74, 6) is 0.447. The number of rotatable bonds is 6. The molecule has 1 aliphatic rings. The molecule has 3 atom stereocenters. The molecule has 3 N–H and O–H groups in total. The van der Waals surface area contributed by atoms with Crippen LogP contribution in [0.1, 0.15) is 18.5 Å². The van der Waals surface area contributed by atoms with Crippen molar-refractivity contribution in [1.29, 1.82) is 0 Å². The third-order valence-electron chi connectivity index (χ3n) is 4.98. The van der Waals surface area contributed by atoms with Gasteiger partial charge in [-0.1, -0.05) is 30.3 Å². The summed E-state index contributed by atoms with van der Waals surface area (Å²) in [6, 6.07) is 12.3. The van der Waals surface area contributed by atoms with Gasteiger partial charge < -0.3 is 10.4 Å². The Morgan fingerprint density at radius 3 is 2.88 bits per heavy atom. The second-order valence-electron chi connectivity index (χ2n) is 6.75. The maximum absolute atomic E-state index is 10.4. The van der Waals surface area contributed by atoms with Crippen molar-refractivity contribution in [2.24, 2.45) is 5.92 Å². The van der Waals surface area contributed by atoms with Gasteiger partial charge >= 0.3 is 0 Å². The minimum Gasteiger partial charge on any atom is -0.391 e. The first-order chi connectivity index (χ1) is 12.3. The highest BCUT2D eigenvalue weighted by Gasteiger charge is 2.33. The molecule has 4 rings (SSSR count). The largest absolute Gasteiger partial charge is 0.391 e. The molecule has 1 aliphatic carbocycles. The topological polar surface area (TPSA) is 78.8 Å². The molecule has 0 bridgehead atoms. The number of hydrogen-bond donors (Lipinski definition) is 3. The quantitative estimate of drug-likeness (QED) is 0.644. The average Bonchev–Trinajstić information content (AvgIpc) is 3.36. The fourth-order valence-electron chi connectivity index (χ4n) is 3.71. The van der Waals surface area contributed by atoms with Crippen molar-refractivity contribution in [3.05, 3.63) is 60.7 Å². The second-order valence-corrected chi connectivity index (χ2v) is 6.75. The summed E-state index contributed by atoms with van der Waals surface area (Å²) in [6.45, 7) is 1.53. The molecule has 1 unspecified atom stereocenters. The number of nitrogens with zero attached hydrogens (tertiary/aromatic N) is 3.